The fraction of sp³-hybridized carbons (Fsp3) is 0.625. The van der Waals surface area contributed by atoms with Gasteiger partial charge in [0.1, 0.15) is 0 Å². The molecular formula is C16H23Cl2N. The lowest BCUT2D eigenvalue weighted by atomic mass is 9.77. The van der Waals surface area contributed by atoms with Crippen molar-refractivity contribution in [1.82, 2.24) is 5.32 Å². The van der Waals surface area contributed by atoms with Gasteiger partial charge in [0.25, 0.3) is 0 Å². The second-order valence-corrected chi connectivity index (χ2v) is 6.69. The van der Waals surface area contributed by atoms with Crippen molar-refractivity contribution in [2.75, 3.05) is 7.05 Å². The summed E-state index contributed by atoms with van der Waals surface area (Å²) in [5.41, 5.74) is 1.27. The summed E-state index contributed by atoms with van der Waals surface area (Å²) in [5.74, 6) is 1.65. The van der Waals surface area contributed by atoms with Crippen molar-refractivity contribution in [2.45, 2.75) is 45.1 Å². The average Bonchev–Trinajstić information content (AvgIpc) is 2.40. The number of hydrogen-bond donors (Lipinski definition) is 1. The van der Waals surface area contributed by atoms with Gasteiger partial charge in [-0.1, -0.05) is 49.0 Å². The molecule has 1 saturated carbocycles. The summed E-state index contributed by atoms with van der Waals surface area (Å²) in [7, 11) is 2.07. The molecule has 0 radical (unpaired) electrons. The smallest absolute Gasteiger partial charge is 0.0595 e. The third kappa shape index (κ3) is 4.11. The summed E-state index contributed by atoms with van der Waals surface area (Å²) >= 11 is 12.1. The molecule has 1 fully saturated rings. The van der Waals surface area contributed by atoms with Crippen molar-refractivity contribution >= 4 is 23.2 Å². The lowest BCUT2D eigenvalue weighted by Crippen LogP contribution is -2.37. The van der Waals surface area contributed by atoms with E-state index in [0.717, 1.165) is 18.3 Å². The predicted octanol–water partition coefficient (Wildman–Crippen LogP) is 4.95. The van der Waals surface area contributed by atoms with E-state index in [1.54, 1.807) is 0 Å². The van der Waals surface area contributed by atoms with Gasteiger partial charge in [0.2, 0.25) is 0 Å². The molecule has 0 saturated heterocycles. The van der Waals surface area contributed by atoms with E-state index in [4.69, 9.17) is 23.2 Å². The Bertz CT molecular complexity index is 419. The van der Waals surface area contributed by atoms with E-state index < -0.39 is 0 Å². The van der Waals surface area contributed by atoms with E-state index in [9.17, 15) is 0 Å². The SMILES string of the molecule is CNC(Cc1ccc(Cl)c(Cl)c1)C1CCCC(C)C1. The minimum atomic E-state index is 0.542. The molecule has 0 aliphatic heterocycles. The molecule has 1 aliphatic carbocycles. The van der Waals surface area contributed by atoms with Crippen LogP contribution in [0.25, 0.3) is 0 Å². The van der Waals surface area contributed by atoms with Crippen LogP contribution in [0.2, 0.25) is 10.0 Å². The van der Waals surface area contributed by atoms with Crippen molar-refractivity contribution in [3.63, 3.8) is 0 Å². The number of benzene rings is 1. The van der Waals surface area contributed by atoms with Crippen molar-refractivity contribution in [3.8, 4) is 0 Å². The van der Waals surface area contributed by atoms with Crippen LogP contribution in [-0.4, -0.2) is 13.1 Å². The number of rotatable bonds is 4. The van der Waals surface area contributed by atoms with Gasteiger partial charge in [-0.05, 0) is 55.8 Å². The Morgan fingerprint density at radius 2 is 2.05 bits per heavy atom. The molecule has 3 unspecified atom stereocenters. The van der Waals surface area contributed by atoms with Gasteiger partial charge >= 0.3 is 0 Å². The Morgan fingerprint density at radius 1 is 1.26 bits per heavy atom. The summed E-state index contributed by atoms with van der Waals surface area (Å²) in [5, 5.41) is 4.79. The van der Waals surface area contributed by atoms with E-state index >= 15 is 0 Å². The number of nitrogens with one attached hydrogen (secondary N) is 1. The zero-order chi connectivity index (χ0) is 13.8. The molecule has 0 spiro atoms. The number of likely N-dealkylation sites (N-methyl/N-ethyl adjacent to an activating group) is 1. The quantitative estimate of drug-likeness (QED) is 0.829. The van der Waals surface area contributed by atoms with Gasteiger partial charge in [-0.25, -0.2) is 0 Å². The summed E-state index contributed by atoms with van der Waals surface area (Å²) in [6.45, 7) is 2.37. The molecule has 1 nitrogen and oxygen atoms in total. The minimum Gasteiger partial charge on any atom is -0.316 e. The first-order valence-corrected chi connectivity index (χ1v) is 7.97. The highest BCUT2D eigenvalue weighted by Gasteiger charge is 2.25. The lowest BCUT2D eigenvalue weighted by molar-refractivity contribution is 0.227. The van der Waals surface area contributed by atoms with Crippen LogP contribution in [0.3, 0.4) is 0 Å². The monoisotopic (exact) mass is 299 g/mol. The maximum Gasteiger partial charge on any atom is 0.0595 e. The zero-order valence-corrected chi connectivity index (χ0v) is 13.3. The van der Waals surface area contributed by atoms with Crippen molar-refractivity contribution in [2.24, 2.45) is 11.8 Å². The van der Waals surface area contributed by atoms with Gasteiger partial charge in [-0.2, -0.15) is 0 Å². The van der Waals surface area contributed by atoms with Gasteiger partial charge in [0, 0.05) is 6.04 Å². The van der Waals surface area contributed by atoms with Crippen LogP contribution in [0.4, 0.5) is 0 Å². The Morgan fingerprint density at radius 3 is 2.68 bits per heavy atom. The Hall–Kier alpha value is -0.240. The van der Waals surface area contributed by atoms with E-state index in [1.807, 2.05) is 12.1 Å². The number of hydrogen-bond acceptors (Lipinski definition) is 1. The number of halogens is 2. The maximum absolute atomic E-state index is 6.10. The first-order valence-electron chi connectivity index (χ1n) is 7.21. The molecule has 1 N–H and O–H groups in total. The molecule has 2 rings (SSSR count). The highest BCUT2D eigenvalue weighted by Crippen LogP contribution is 2.32. The normalized spacial score (nSPS) is 25.3. The highest BCUT2D eigenvalue weighted by molar-refractivity contribution is 6.42. The van der Waals surface area contributed by atoms with Crippen LogP contribution in [0.1, 0.15) is 38.2 Å². The summed E-state index contributed by atoms with van der Waals surface area (Å²) < 4.78 is 0. The van der Waals surface area contributed by atoms with E-state index in [1.165, 1.54) is 31.2 Å². The molecule has 1 aromatic rings. The highest BCUT2D eigenvalue weighted by atomic mass is 35.5. The van der Waals surface area contributed by atoms with Gasteiger partial charge in [0.05, 0.1) is 10.0 Å². The lowest BCUT2D eigenvalue weighted by Gasteiger charge is -2.33. The predicted molar refractivity (Wildman–Crippen MR) is 84.1 cm³/mol. The fourth-order valence-electron chi connectivity index (χ4n) is 3.27. The van der Waals surface area contributed by atoms with Crippen LogP contribution in [-0.2, 0) is 6.42 Å². The van der Waals surface area contributed by atoms with Gasteiger partial charge in [0.15, 0.2) is 0 Å². The molecule has 1 aliphatic rings. The van der Waals surface area contributed by atoms with Gasteiger partial charge in [-0.15, -0.1) is 0 Å². The van der Waals surface area contributed by atoms with Gasteiger partial charge < -0.3 is 5.32 Å². The van der Waals surface area contributed by atoms with E-state index in [2.05, 4.69) is 25.4 Å². The summed E-state index contributed by atoms with van der Waals surface area (Å²) in [6.07, 6.45) is 6.47. The molecule has 3 atom stereocenters. The fourth-order valence-corrected chi connectivity index (χ4v) is 3.59. The molecular weight excluding hydrogens is 277 g/mol. The molecule has 3 heteroatoms. The van der Waals surface area contributed by atoms with Gasteiger partial charge in [-0.3, -0.25) is 0 Å². The van der Waals surface area contributed by atoms with E-state index in [0.29, 0.717) is 16.1 Å². The Labute approximate surface area is 126 Å². The zero-order valence-electron chi connectivity index (χ0n) is 11.8. The van der Waals surface area contributed by atoms with Crippen LogP contribution < -0.4 is 5.32 Å². The average molecular weight is 300 g/mol. The van der Waals surface area contributed by atoms with Crippen LogP contribution in [0.5, 0.6) is 0 Å². The first kappa shape index (κ1) is 15.2. The molecule has 1 aromatic carbocycles. The van der Waals surface area contributed by atoms with Crippen molar-refractivity contribution in [1.29, 1.82) is 0 Å². The van der Waals surface area contributed by atoms with Crippen LogP contribution >= 0.6 is 23.2 Å². The van der Waals surface area contributed by atoms with E-state index in [-0.39, 0.29) is 0 Å². The molecule has 0 amide bonds. The maximum atomic E-state index is 6.10. The summed E-state index contributed by atoms with van der Waals surface area (Å²) in [6, 6.07) is 6.53. The molecule has 19 heavy (non-hydrogen) atoms. The largest absolute Gasteiger partial charge is 0.316 e. The molecule has 0 bridgehead atoms. The topological polar surface area (TPSA) is 12.0 Å². The Kier molecular flexibility index (Phi) is 5.56. The third-order valence-corrected chi connectivity index (χ3v) is 5.10. The minimum absolute atomic E-state index is 0.542. The molecule has 0 aromatic heterocycles. The van der Waals surface area contributed by atoms with Crippen molar-refractivity contribution in [3.05, 3.63) is 33.8 Å². The second kappa shape index (κ2) is 6.97. The van der Waals surface area contributed by atoms with Crippen molar-refractivity contribution < 1.29 is 0 Å². The molecule has 0 heterocycles. The third-order valence-electron chi connectivity index (χ3n) is 4.36. The van der Waals surface area contributed by atoms with Crippen LogP contribution in [0.15, 0.2) is 18.2 Å². The standard InChI is InChI=1S/C16H23Cl2N/c1-11-4-3-5-13(8-11)16(19-2)10-12-6-7-14(17)15(18)9-12/h6-7,9,11,13,16,19H,3-5,8,10H2,1-2H3. The molecule has 106 valence electrons. The van der Waals surface area contributed by atoms with Crippen LogP contribution in [0, 0.1) is 11.8 Å². The second-order valence-electron chi connectivity index (χ2n) is 5.88. The summed E-state index contributed by atoms with van der Waals surface area (Å²) in [4.78, 5) is 0. The Balaban J connectivity index is 2.03. The first-order chi connectivity index (χ1) is 9.10.